The smallest absolute Gasteiger partial charge is 0.404 e. The van der Waals surface area contributed by atoms with Gasteiger partial charge in [-0.2, -0.15) is 5.21 Å². The monoisotopic (exact) mass is 723 g/mol. The summed E-state index contributed by atoms with van der Waals surface area (Å²) in [5.41, 5.74) is 5.63. The Bertz CT molecular complexity index is 1820. The lowest BCUT2D eigenvalue weighted by atomic mass is 9.81. The molecule has 14 nitrogen and oxygen atoms in total. The minimum atomic E-state index is -1.05. The molecule has 1 heterocycles. The summed E-state index contributed by atoms with van der Waals surface area (Å²) in [7, 11) is 0. The summed E-state index contributed by atoms with van der Waals surface area (Å²) in [5.74, 6) is -0.325. The van der Waals surface area contributed by atoms with Gasteiger partial charge < -0.3 is 31.3 Å². The maximum Gasteiger partial charge on any atom is 0.404 e. The van der Waals surface area contributed by atoms with E-state index in [9.17, 15) is 19.2 Å². The fourth-order valence-electron chi connectivity index (χ4n) is 6.68. The van der Waals surface area contributed by atoms with Gasteiger partial charge in [-0.25, -0.2) is 4.79 Å². The number of carbonyl (C=O) groups excluding carboxylic acids is 3. The number of tetrazole rings is 1. The van der Waals surface area contributed by atoms with Crippen LogP contribution in [0.2, 0.25) is 0 Å². The lowest BCUT2D eigenvalue weighted by molar-refractivity contribution is -0.130. The standard InChI is InChI=1S/C39H49N9O5/c1-4-48(5-2)21-20-40-36(49)31-11-6-25(3)33(23-31)28-12-7-26(8-13-28)22-34(43-37(50)30-14-9-27(10-15-30)24-41-39(52)53)38(51)42-32-18-16-29(17-19-32)35-44-46-47-45-35/h6-8,11-13,16-19,23,27,30,34,41H,4-5,9-10,14-15,20-22,24H2,1-3H3,(H,40,49)(H,42,51)(H,43,50)(H,52,53)(H,44,45,46,47)/t27?,30?,34-/m0/s1. The zero-order valence-electron chi connectivity index (χ0n) is 30.5. The normalized spacial score (nSPS) is 16.1. The number of carbonyl (C=O) groups is 4. The average Bonchev–Trinajstić information content (AvgIpc) is 3.72. The van der Waals surface area contributed by atoms with Crippen molar-refractivity contribution < 1.29 is 24.3 Å². The lowest BCUT2D eigenvalue weighted by Gasteiger charge is -2.29. The molecule has 53 heavy (non-hydrogen) atoms. The van der Waals surface area contributed by atoms with E-state index in [-0.39, 0.29) is 36.0 Å². The van der Waals surface area contributed by atoms with Crippen LogP contribution in [-0.2, 0) is 16.0 Å². The number of H-pyrrole nitrogens is 1. The first-order valence-corrected chi connectivity index (χ1v) is 18.3. The highest BCUT2D eigenvalue weighted by Gasteiger charge is 2.30. The Morgan fingerprint density at radius 3 is 2.25 bits per heavy atom. The van der Waals surface area contributed by atoms with Gasteiger partial charge in [-0.3, -0.25) is 14.4 Å². The highest BCUT2D eigenvalue weighted by Crippen LogP contribution is 2.29. The molecule has 6 N–H and O–H groups in total. The number of likely N-dealkylation sites (N-methyl/N-ethyl adjacent to an activating group) is 1. The topological polar surface area (TPSA) is 194 Å². The number of nitrogens with zero attached hydrogens (tertiary/aromatic N) is 4. The summed E-state index contributed by atoms with van der Waals surface area (Å²) in [6.07, 6.45) is 1.88. The third-order valence-electron chi connectivity index (χ3n) is 9.96. The van der Waals surface area contributed by atoms with Crippen molar-refractivity contribution in [1.82, 2.24) is 41.5 Å². The van der Waals surface area contributed by atoms with Crippen molar-refractivity contribution in [2.45, 2.75) is 58.9 Å². The second-order valence-electron chi connectivity index (χ2n) is 13.5. The van der Waals surface area contributed by atoms with E-state index in [1.807, 2.05) is 49.4 Å². The number of nitrogens with one attached hydrogen (secondary N) is 5. The van der Waals surface area contributed by atoms with Crippen molar-refractivity contribution in [3.8, 4) is 22.5 Å². The molecule has 280 valence electrons. The molecule has 0 radical (unpaired) electrons. The Balaban J connectivity index is 1.27. The number of hydrogen-bond donors (Lipinski definition) is 6. The Morgan fingerprint density at radius 2 is 1.60 bits per heavy atom. The van der Waals surface area contributed by atoms with Gasteiger partial charge in [-0.15, -0.1) is 10.2 Å². The van der Waals surface area contributed by atoms with Crippen molar-refractivity contribution in [2.24, 2.45) is 11.8 Å². The van der Waals surface area contributed by atoms with Crippen molar-refractivity contribution in [3.05, 3.63) is 83.4 Å². The van der Waals surface area contributed by atoms with Gasteiger partial charge >= 0.3 is 6.09 Å². The number of aromatic amines is 1. The predicted octanol–water partition coefficient (Wildman–Crippen LogP) is 4.65. The van der Waals surface area contributed by atoms with Crippen LogP contribution in [0.25, 0.3) is 22.5 Å². The third-order valence-corrected chi connectivity index (χ3v) is 9.96. The van der Waals surface area contributed by atoms with Gasteiger partial charge in [-0.05, 0) is 115 Å². The highest BCUT2D eigenvalue weighted by molar-refractivity contribution is 5.98. The number of carboxylic acid groups (broad SMARTS) is 1. The van der Waals surface area contributed by atoms with E-state index in [0.29, 0.717) is 43.0 Å². The molecule has 4 aromatic rings. The van der Waals surface area contributed by atoms with E-state index in [1.165, 1.54) is 0 Å². The van der Waals surface area contributed by atoms with Crippen molar-refractivity contribution in [3.63, 3.8) is 0 Å². The largest absolute Gasteiger partial charge is 0.465 e. The second-order valence-corrected chi connectivity index (χ2v) is 13.5. The number of amides is 4. The molecule has 0 saturated heterocycles. The Kier molecular flexibility index (Phi) is 13.6. The fraction of sp³-hybridized carbons (Fsp3) is 0.410. The van der Waals surface area contributed by atoms with Crippen LogP contribution in [0.15, 0.2) is 66.7 Å². The first-order valence-electron chi connectivity index (χ1n) is 18.3. The number of anilines is 1. The summed E-state index contributed by atoms with van der Waals surface area (Å²) in [4.78, 5) is 53.5. The molecule has 0 unspecified atom stereocenters. The van der Waals surface area contributed by atoms with Crippen LogP contribution in [0.1, 0.15) is 61.0 Å². The minimum absolute atomic E-state index is 0.116. The third kappa shape index (κ3) is 10.9. The summed E-state index contributed by atoms with van der Waals surface area (Å²) < 4.78 is 0. The molecule has 3 aromatic carbocycles. The SMILES string of the molecule is CCN(CC)CCNC(=O)c1ccc(C)c(-c2ccc(C[C@H](NC(=O)C3CCC(CNC(=O)O)CC3)C(=O)Nc3ccc(-c4nn[nH]n4)cc3)cc2)c1. The van der Waals surface area contributed by atoms with Gasteiger partial charge in [0.15, 0.2) is 0 Å². The summed E-state index contributed by atoms with van der Waals surface area (Å²) >= 11 is 0. The molecule has 5 rings (SSSR count). The van der Waals surface area contributed by atoms with Crippen LogP contribution in [0, 0.1) is 18.8 Å². The van der Waals surface area contributed by atoms with Crippen LogP contribution in [0.3, 0.4) is 0 Å². The molecular weight excluding hydrogens is 674 g/mol. The summed E-state index contributed by atoms with van der Waals surface area (Å²) in [6, 6.07) is 19.7. The van der Waals surface area contributed by atoms with Crippen molar-refractivity contribution in [2.75, 3.05) is 38.0 Å². The Morgan fingerprint density at radius 1 is 0.906 bits per heavy atom. The van der Waals surface area contributed by atoms with Crippen molar-refractivity contribution >= 4 is 29.5 Å². The minimum Gasteiger partial charge on any atom is -0.465 e. The van der Waals surface area contributed by atoms with Gasteiger partial charge in [0.25, 0.3) is 5.91 Å². The zero-order valence-corrected chi connectivity index (χ0v) is 30.5. The van der Waals surface area contributed by atoms with E-state index >= 15 is 0 Å². The summed E-state index contributed by atoms with van der Waals surface area (Å²) in [5, 5.41) is 34.4. The molecule has 14 heteroatoms. The molecule has 1 aliphatic carbocycles. The van der Waals surface area contributed by atoms with E-state index < -0.39 is 12.1 Å². The molecule has 0 spiro atoms. The van der Waals surface area contributed by atoms with Gasteiger partial charge in [0.05, 0.1) is 0 Å². The summed E-state index contributed by atoms with van der Waals surface area (Å²) in [6.45, 7) is 9.81. The molecule has 1 saturated carbocycles. The van der Waals surface area contributed by atoms with Crippen LogP contribution in [-0.4, -0.2) is 93.2 Å². The molecular formula is C39H49N9O5. The van der Waals surface area contributed by atoms with Gasteiger partial charge in [-0.1, -0.05) is 44.2 Å². The first kappa shape index (κ1) is 38.6. The molecule has 1 aromatic heterocycles. The maximum absolute atomic E-state index is 13.8. The van der Waals surface area contributed by atoms with Crippen LogP contribution in [0.5, 0.6) is 0 Å². The van der Waals surface area contributed by atoms with Crippen LogP contribution < -0.4 is 21.3 Å². The zero-order chi connectivity index (χ0) is 37.7. The van der Waals surface area contributed by atoms with E-state index in [2.05, 4.69) is 60.6 Å². The fourth-order valence-corrected chi connectivity index (χ4v) is 6.68. The van der Waals surface area contributed by atoms with Crippen LogP contribution in [0.4, 0.5) is 10.5 Å². The number of aryl methyl sites for hydroxylation is 1. The number of aromatic nitrogens is 4. The average molecular weight is 724 g/mol. The quantitative estimate of drug-likeness (QED) is 0.0954. The van der Waals surface area contributed by atoms with Gasteiger partial charge in [0, 0.05) is 48.8 Å². The number of benzene rings is 3. The molecule has 1 fully saturated rings. The molecule has 1 atom stereocenters. The maximum atomic E-state index is 13.8. The number of rotatable bonds is 16. The Labute approximate surface area is 309 Å². The predicted molar refractivity (Wildman–Crippen MR) is 202 cm³/mol. The van der Waals surface area contributed by atoms with Gasteiger partial charge in [0.1, 0.15) is 6.04 Å². The lowest BCUT2D eigenvalue weighted by Crippen LogP contribution is -2.48. The van der Waals surface area contributed by atoms with Crippen LogP contribution >= 0.6 is 0 Å². The number of hydrogen-bond acceptors (Lipinski definition) is 8. The first-order chi connectivity index (χ1) is 25.6. The van der Waals surface area contributed by atoms with E-state index in [0.717, 1.165) is 60.3 Å². The Hall–Kier alpha value is -5.63. The second kappa shape index (κ2) is 18.7. The van der Waals surface area contributed by atoms with E-state index in [1.54, 1.807) is 24.3 Å². The molecule has 0 bridgehead atoms. The molecule has 1 aliphatic rings. The van der Waals surface area contributed by atoms with Gasteiger partial charge in [0.2, 0.25) is 17.6 Å². The van der Waals surface area contributed by atoms with E-state index in [4.69, 9.17) is 5.11 Å². The molecule has 0 aliphatic heterocycles. The molecule has 4 amide bonds. The highest BCUT2D eigenvalue weighted by atomic mass is 16.4. The van der Waals surface area contributed by atoms with Crippen molar-refractivity contribution in [1.29, 1.82) is 0 Å².